The molecule has 0 radical (unpaired) electrons. The molecule has 0 fully saturated rings. The second-order valence-electron chi connectivity index (χ2n) is 4.21. The van der Waals surface area contributed by atoms with Gasteiger partial charge < -0.3 is 4.57 Å². The van der Waals surface area contributed by atoms with Crippen molar-refractivity contribution in [1.82, 2.24) is 14.3 Å². The first kappa shape index (κ1) is 12.5. The predicted octanol–water partition coefficient (Wildman–Crippen LogP) is 4.29. The van der Waals surface area contributed by atoms with Crippen LogP contribution in [-0.4, -0.2) is 14.3 Å². The zero-order chi connectivity index (χ0) is 13.4. The highest BCUT2D eigenvalue weighted by atomic mass is 79.9. The van der Waals surface area contributed by atoms with E-state index in [9.17, 15) is 0 Å². The molecule has 3 nitrogen and oxygen atoms in total. The minimum atomic E-state index is 0.724. The number of aromatic nitrogens is 3. The first-order valence-electron chi connectivity index (χ1n) is 5.78. The molecule has 0 N–H and O–H groups in total. The molecule has 0 saturated carbocycles. The highest BCUT2D eigenvalue weighted by Gasteiger charge is 2.16. The van der Waals surface area contributed by atoms with Crippen LogP contribution in [0.2, 0.25) is 5.02 Å². The maximum absolute atomic E-state index is 5.92. The summed E-state index contributed by atoms with van der Waals surface area (Å²) in [5.74, 6) is 0.995. The highest BCUT2D eigenvalue weighted by Crippen LogP contribution is 2.32. The third-order valence-corrected chi connectivity index (χ3v) is 3.91. The van der Waals surface area contributed by atoms with Crippen molar-refractivity contribution in [2.75, 3.05) is 0 Å². The van der Waals surface area contributed by atoms with Crippen LogP contribution in [0.3, 0.4) is 0 Å². The number of rotatable bonds is 2. The Morgan fingerprint density at radius 2 is 1.74 bits per heavy atom. The Labute approximate surface area is 124 Å². The van der Waals surface area contributed by atoms with E-state index in [1.54, 1.807) is 0 Å². The minimum Gasteiger partial charge on any atom is -0.308 e. The van der Waals surface area contributed by atoms with E-state index in [0.29, 0.717) is 0 Å². The number of nitrogens with zero attached hydrogens (tertiary/aromatic N) is 3. The van der Waals surface area contributed by atoms with Gasteiger partial charge in [0.15, 0.2) is 0 Å². The number of benzene rings is 1. The zero-order valence-electron chi connectivity index (χ0n) is 10.2. The Morgan fingerprint density at radius 1 is 1.11 bits per heavy atom. The molecule has 1 aromatic carbocycles. The van der Waals surface area contributed by atoms with Crippen molar-refractivity contribution in [2.45, 2.75) is 0 Å². The van der Waals surface area contributed by atoms with Gasteiger partial charge in [0.2, 0.25) is 0 Å². The van der Waals surface area contributed by atoms with E-state index in [0.717, 1.165) is 26.6 Å². The third kappa shape index (κ3) is 2.22. The average molecular weight is 337 g/mol. The van der Waals surface area contributed by atoms with E-state index in [4.69, 9.17) is 11.6 Å². The molecule has 2 aromatic heterocycles. The first-order valence-corrected chi connectivity index (χ1v) is 6.95. The number of hydrogen-bond acceptors (Lipinski definition) is 1. The van der Waals surface area contributed by atoms with Crippen molar-refractivity contribution in [3.63, 3.8) is 0 Å². The van der Waals surface area contributed by atoms with Crippen molar-refractivity contribution >= 4 is 27.5 Å². The van der Waals surface area contributed by atoms with Gasteiger partial charge in [0, 0.05) is 30.0 Å². The molecular formula is C14H11BrClN3. The van der Waals surface area contributed by atoms with Gasteiger partial charge in [0.25, 0.3) is 0 Å². The second kappa shape index (κ2) is 4.87. The van der Waals surface area contributed by atoms with Gasteiger partial charge in [0.05, 0.1) is 4.47 Å². The lowest BCUT2D eigenvalue weighted by Crippen LogP contribution is -2.00. The van der Waals surface area contributed by atoms with Gasteiger partial charge in [-0.1, -0.05) is 23.7 Å². The lowest BCUT2D eigenvalue weighted by Gasteiger charge is -2.03. The maximum Gasteiger partial charge on any atom is 0.149 e. The molecule has 0 aliphatic heterocycles. The third-order valence-electron chi connectivity index (χ3n) is 2.93. The molecule has 0 aliphatic carbocycles. The monoisotopic (exact) mass is 335 g/mol. The molecule has 0 amide bonds. The van der Waals surface area contributed by atoms with Crippen molar-refractivity contribution in [3.05, 3.63) is 58.3 Å². The average Bonchev–Trinajstić information content (AvgIpc) is 2.99. The first-order chi connectivity index (χ1) is 9.16. The maximum atomic E-state index is 5.92. The summed E-state index contributed by atoms with van der Waals surface area (Å²) in [6, 6.07) is 11.6. The minimum absolute atomic E-state index is 0.724. The smallest absolute Gasteiger partial charge is 0.149 e. The van der Waals surface area contributed by atoms with Crippen LogP contribution in [0.15, 0.2) is 53.3 Å². The van der Waals surface area contributed by atoms with Crippen LogP contribution in [0.4, 0.5) is 0 Å². The molecule has 0 unspecified atom stereocenters. The standard InChI is InChI=1S/C14H11BrClN3/c1-18-14(19-8-2-3-9-19)12(15)13(17-18)10-4-6-11(16)7-5-10/h2-9H,1H3. The summed E-state index contributed by atoms with van der Waals surface area (Å²) in [5, 5.41) is 5.30. The summed E-state index contributed by atoms with van der Waals surface area (Å²) in [4.78, 5) is 0. The molecule has 3 rings (SSSR count). The Morgan fingerprint density at radius 3 is 2.37 bits per heavy atom. The Balaban J connectivity index is 2.14. The van der Waals surface area contributed by atoms with Gasteiger partial charge in [-0.15, -0.1) is 0 Å². The summed E-state index contributed by atoms with van der Waals surface area (Å²) < 4.78 is 4.85. The molecule has 5 heteroatoms. The van der Waals surface area contributed by atoms with Crippen LogP contribution in [0, 0.1) is 0 Å². The summed E-state index contributed by atoms with van der Waals surface area (Å²) in [5.41, 5.74) is 1.94. The lowest BCUT2D eigenvalue weighted by molar-refractivity contribution is 0.732. The van der Waals surface area contributed by atoms with E-state index in [1.807, 2.05) is 65.1 Å². The molecule has 3 aromatic rings. The van der Waals surface area contributed by atoms with Crippen molar-refractivity contribution in [2.24, 2.45) is 7.05 Å². The van der Waals surface area contributed by atoms with E-state index in [1.165, 1.54) is 0 Å². The molecule has 0 bridgehead atoms. The summed E-state index contributed by atoms with van der Waals surface area (Å²) >= 11 is 9.56. The van der Waals surface area contributed by atoms with E-state index >= 15 is 0 Å². The number of hydrogen-bond donors (Lipinski definition) is 0. The fourth-order valence-corrected chi connectivity index (χ4v) is 2.93. The number of aryl methyl sites for hydroxylation is 1. The van der Waals surface area contributed by atoms with Crippen LogP contribution in [-0.2, 0) is 7.05 Å². The molecule has 0 atom stereocenters. The normalized spacial score (nSPS) is 10.9. The summed E-state index contributed by atoms with van der Waals surface area (Å²) in [6.45, 7) is 0. The van der Waals surface area contributed by atoms with Crippen LogP contribution in [0.1, 0.15) is 0 Å². The molecule has 2 heterocycles. The molecule has 96 valence electrons. The SMILES string of the molecule is Cn1nc(-c2ccc(Cl)cc2)c(Br)c1-n1cccc1. The van der Waals surface area contributed by atoms with Crippen LogP contribution < -0.4 is 0 Å². The van der Waals surface area contributed by atoms with Gasteiger partial charge in [-0.3, -0.25) is 4.68 Å². The Kier molecular flexibility index (Phi) is 3.21. The molecule has 0 saturated heterocycles. The highest BCUT2D eigenvalue weighted by molar-refractivity contribution is 9.10. The van der Waals surface area contributed by atoms with Gasteiger partial charge in [0.1, 0.15) is 11.5 Å². The van der Waals surface area contributed by atoms with E-state index in [2.05, 4.69) is 21.0 Å². The Hall–Kier alpha value is -1.52. The molecular weight excluding hydrogens is 326 g/mol. The topological polar surface area (TPSA) is 22.8 Å². The second-order valence-corrected chi connectivity index (χ2v) is 5.44. The molecule has 0 spiro atoms. The predicted molar refractivity (Wildman–Crippen MR) is 80.7 cm³/mol. The lowest BCUT2D eigenvalue weighted by atomic mass is 10.1. The van der Waals surface area contributed by atoms with E-state index < -0.39 is 0 Å². The van der Waals surface area contributed by atoms with Crippen molar-refractivity contribution < 1.29 is 0 Å². The van der Waals surface area contributed by atoms with Crippen molar-refractivity contribution in [3.8, 4) is 17.1 Å². The van der Waals surface area contributed by atoms with Gasteiger partial charge in [-0.05, 0) is 40.2 Å². The zero-order valence-corrected chi connectivity index (χ0v) is 12.6. The quantitative estimate of drug-likeness (QED) is 0.684. The fourth-order valence-electron chi connectivity index (χ4n) is 2.04. The number of halogens is 2. The van der Waals surface area contributed by atoms with Crippen LogP contribution in [0.25, 0.3) is 17.1 Å². The molecule has 0 aliphatic rings. The van der Waals surface area contributed by atoms with Gasteiger partial charge in [-0.25, -0.2) is 0 Å². The van der Waals surface area contributed by atoms with Gasteiger partial charge in [-0.2, -0.15) is 5.10 Å². The molecule has 19 heavy (non-hydrogen) atoms. The van der Waals surface area contributed by atoms with Crippen LogP contribution in [0.5, 0.6) is 0 Å². The van der Waals surface area contributed by atoms with Crippen LogP contribution >= 0.6 is 27.5 Å². The van der Waals surface area contributed by atoms with E-state index in [-0.39, 0.29) is 0 Å². The largest absolute Gasteiger partial charge is 0.308 e. The Bertz CT molecular complexity index is 699. The summed E-state index contributed by atoms with van der Waals surface area (Å²) in [6.07, 6.45) is 3.99. The summed E-state index contributed by atoms with van der Waals surface area (Å²) in [7, 11) is 1.93. The fraction of sp³-hybridized carbons (Fsp3) is 0.0714. The van der Waals surface area contributed by atoms with Crippen molar-refractivity contribution in [1.29, 1.82) is 0 Å². The van der Waals surface area contributed by atoms with Gasteiger partial charge >= 0.3 is 0 Å².